The fraction of sp³-hybridized carbons (Fsp3) is 0.316. The molecule has 3 rings (SSSR count). The van der Waals surface area contributed by atoms with Gasteiger partial charge in [0.2, 0.25) is 15.8 Å². The van der Waals surface area contributed by atoms with Crippen LogP contribution in [0.1, 0.15) is 16.8 Å². The van der Waals surface area contributed by atoms with Crippen LogP contribution in [0.5, 0.6) is 17.2 Å². The molecule has 0 saturated carbocycles. The molecule has 2 aromatic rings. The summed E-state index contributed by atoms with van der Waals surface area (Å²) in [7, 11) is 1.14. The van der Waals surface area contributed by atoms with Crippen molar-refractivity contribution in [2.75, 3.05) is 43.2 Å². The summed E-state index contributed by atoms with van der Waals surface area (Å²) in [5.41, 5.74) is 1.33. The average molecular weight is 406 g/mol. The largest absolute Gasteiger partial charge is 0.493 e. The van der Waals surface area contributed by atoms with Gasteiger partial charge in [0.05, 0.1) is 32.8 Å². The lowest BCUT2D eigenvalue weighted by molar-refractivity contribution is 0.102. The van der Waals surface area contributed by atoms with Crippen molar-refractivity contribution in [3.8, 4) is 17.2 Å². The highest BCUT2D eigenvalue weighted by molar-refractivity contribution is 7.93. The van der Waals surface area contributed by atoms with Gasteiger partial charge in [0.25, 0.3) is 5.91 Å². The van der Waals surface area contributed by atoms with Crippen LogP contribution in [0.2, 0.25) is 0 Å². The molecule has 0 atom stereocenters. The van der Waals surface area contributed by atoms with E-state index in [0.717, 1.165) is 0 Å². The Morgan fingerprint density at radius 3 is 2.25 bits per heavy atom. The van der Waals surface area contributed by atoms with E-state index in [9.17, 15) is 13.2 Å². The van der Waals surface area contributed by atoms with E-state index in [1.165, 1.54) is 25.6 Å². The number of sulfonamides is 1. The first-order valence-electron chi connectivity index (χ1n) is 8.61. The van der Waals surface area contributed by atoms with Crippen molar-refractivity contribution in [2.45, 2.75) is 6.42 Å². The molecule has 0 aliphatic carbocycles. The number of ether oxygens (including phenoxy) is 3. The predicted octanol–water partition coefficient (Wildman–Crippen LogP) is 2.50. The predicted molar refractivity (Wildman–Crippen MR) is 106 cm³/mol. The molecule has 1 fully saturated rings. The summed E-state index contributed by atoms with van der Waals surface area (Å²) in [4.78, 5) is 12.7. The fourth-order valence-electron chi connectivity index (χ4n) is 3.08. The van der Waals surface area contributed by atoms with Crippen LogP contribution in [0.15, 0.2) is 36.4 Å². The number of amides is 1. The van der Waals surface area contributed by atoms with Gasteiger partial charge in [0.15, 0.2) is 11.5 Å². The number of nitrogens with one attached hydrogen (secondary N) is 1. The topological polar surface area (TPSA) is 94.2 Å². The van der Waals surface area contributed by atoms with Crippen molar-refractivity contribution in [2.24, 2.45) is 0 Å². The van der Waals surface area contributed by atoms with E-state index in [1.807, 2.05) is 0 Å². The molecule has 0 spiro atoms. The molecule has 1 saturated heterocycles. The molecule has 8 nitrogen and oxygen atoms in total. The lowest BCUT2D eigenvalue weighted by atomic mass is 10.1. The van der Waals surface area contributed by atoms with Crippen molar-refractivity contribution >= 4 is 27.3 Å². The smallest absolute Gasteiger partial charge is 0.255 e. The van der Waals surface area contributed by atoms with E-state index >= 15 is 0 Å². The first kappa shape index (κ1) is 19.8. The standard InChI is InChI=1S/C19H22N2O6S/c1-25-16-10-13(11-17(26-2)18(16)27-3)19(22)20-14-6-4-7-15(12-14)21-8-5-9-28(21,23)24/h4,6-7,10-12H,5,8-9H2,1-3H3,(H,20,22). The van der Waals surface area contributed by atoms with Gasteiger partial charge in [-0.2, -0.15) is 0 Å². The zero-order chi connectivity index (χ0) is 20.3. The second kappa shape index (κ2) is 7.97. The zero-order valence-corrected chi connectivity index (χ0v) is 16.7. The Morgan fingerprint density at radius 1 is 1.04 bits per heavy atom. The molecule has 0 radical (unpaired) electrons. The molecule has 0 unspecified atom stereocenters. The van der Waals surface area contributed by atoms with Gasteiger partial charge in [0.1, 0.15) is 0 Å². The normalized spacial score (nSPS) is 15.2. The third-order valence-electron chi connectivity index (χ3n) is 4.42. The molecule has 1 heterocycles. The first-order chi connectivity index (χ1) is 13.4. The number of benzene rings is 2. The fourth-order valence-corrected chi connectivity index (χ4v) is 4.64. The van der Waals surface area contributed by atoms with Gasteiger partial charge >= 0.3 is 0 Å². The molecule has 1 amide bonds. The molecule has 1 aliphatic rings. The van der Waals surface area contributed by atoms with Gasteiger partial charge in [-0.25, -0.2) is 8.42 Å². The van der Waals surface area contributed by atoms with Crippen LogP contribution in [-0.4, -0.2) is 48.0 Å². The highest BCUT2D eigenvalue weighted by atomic mass is 32.2. The number of carbonyl (C=O) groups is 1. The SMILES string of the molecule is COc1cc(C(=O)Nc2cccc(N3CCCS3(=O)=O)c2)cc(OC)c1OC. The molecule has 150 valence electrons. The average Bonchev–Trinajstić information content (AvgIpc) is 3.05. The van der Waals surface area contributed by atoms with Gasteiger partial charge in [-0.1, -0.05) is 6.07 Å². The number of hydrogen-bond acceptors (Lipinski definition) is 6. The van der Waals surface area contributed by atoms with Crippen molar-refractivity contribution < 1.29 is 27.4 Å². The van der Waals surface area contributed by atoms with Crippen LogP contribution in [0.25, 0.3) is 0 Å². The number of hydrogen-bond donors (Lipinski definition) is 1. The Hall–Kier alpha value is -2.94. The molecule has 1 aliphatic heterocycles. The Labute approximate surface area is 164 Å². The maximum Gasteiger partial charge on any atom is 0.255 e. The quantitative estimate of drug-likeness (QED) is 0.792. The minimum Gasteiger partial charge on any atom is -0.493 e. The lowest BCUT2D eigenvalue weighted by Crippen LogP contribution is -2.25. The number of methoxy groups -OCH3 is 3. The van der Waals surface area contributed by atoms with Gasteiger partial charge in [0, 0.05) is 17.8 Å². The number of anilines is 2. The number of carbonyl (C=O) groups excluding carboxylic acids is 1. The number of nitrogens with zero attached hydrogens (tertiary/aromatic N) is 1. The van der Waals surface area contributed by atoms with Gasteiger partial charge in [-0.15, -0.1) is 0 Å². The van der Waals surface area contributed by atoms with Crippen LogP contribution in [0.3, 0.4) is 0 Å². The molecular formula is C19H22N2O6S. The molecule has 2 aromatic carbocycles. The third kappa shape index (κ3) is 3.84. The zero-order valence-electron chi connectivity index (χ0n) is 15.9. The van der Waals surface area contributed by atoms with Crippen LogP contribution >= 0.6 is 0 Å². The van der Waals surface area contributed by atoms with Gasteiger partial charge in [-0.3, -0.25) is 9.10 Å². The van der Waals surface area contributed by atoms with E-state index in [4.69, 9.17) is 14.2 Å². The Balaban J connectivity index is 1.87. The summed E-state index contributed by atoms with van der Waals surface area (Å²) < 4.78 is 41.4. The molecule has 9 heteroatoms. The Kier molecular flexibility index (Phi) is 5.64. The highest BCUT2D eigenvalue weighted by Crippen LogP contribution is 2.38. The second-order valence-electron chi connectivity index (χ2n) is 6.16. The van der Waals surface area contributed by atoms with Crippen LogP contribution in [-0.2, 0) is 10.0 Å². The summed E-state index contributed by atoms with van der Waals surface area (Å²) in [6, 6.07) is 9.84. The molecule has 28 heavy (non-hydrogen) atoms. The minimum atomic E-state index is -3.29. The van der Waals surface area contributed by atoms with Crippen molar-refractivity contribution in [3.63, 3.8) is 0 Å². The van der Waals surface area contributed by atoms with Crippen molar-refractivity contribution in [1.29, 1.82) is 0 Å². The maximum atomic E-state index is 12.7. The molecule has 0 bridgehead atoms. The minimum absolute atomic E-state index is 0.134. The van der Waals surface area contributed by atoms with Gasteiger partial charge in [-0.05, 0) is 36.8 Å². The van der Waals surface area contributed by atoms with Crippen LogP contribution in [0.4, 0.5) is 11.4 Å². The van der Waals surface area contributed by atoms with E-state index in [2.05, 4.69) is 5.32 Å². The van der Waals surface area contributed by atoms with E-state index in [-0.39, 0.29) is 11.7 Å². The van der Waals surface area contributed by atoms with E-state index in [0.29, 0.717) is 47.2 Å². The Bertz CT molecular complexity index is 965. The summed E-state index contributed by atoms with van der Waals surface area (Å²) in [6.45, 7) is 0.437. The molecule has 0 aromatic heterocycles. The Morgan fingerprint density at radius 2 is 1.71 bits per heavy atom. The second-order valence-corrected chi connectivity index (χ2v) is 8.17. The summed E-state index contributed by atoms with van der Waals surface area (Å²) in [6.07, 6.45) is 0.588. The number of rotatable bonds is 6. The highest BCUT2D eigenvalue weighted by Gasteiger charge is 2.28. The van der Waals surface area contributed by atoms with Gasteiger partial charge < -0.3 is 19.5 Å². The first-order valence-corrected chi connectivity index (χ1v) is 10.2. The maximum absolute atomic E-state index is 12.7. The summed E-state index contributed by atoms with van der Waals surface area (Å²) in [5.74, 6) is 0.867. The van der Waals surface area contributed by atoms with E-state index in [1.54, 1.807) is 36.4 Å². The van der Waals surface area contributed by atoms with Crippen molar-refractivity contribution in [3.05, 3.63) is 42.0 Å². The third-order valence-corrected chi connectivity index (χ3v) is 6.29. The molecular weight excluding hydrogens is 384 g/mol. The van der Waals surface area contributed by atoms with E-state index < -0.39 is 10.0 Å². The summed E-state index contributed by atoms with van der Waals surface area (Å²) in [5, 5.41) is 2.78. The lowest BCUT2D eigenvalue weighted by Gasteiger charge is -2.18. The van der Waals surface area contributed by atoms with Crippen LogP contribution in [0, 0.1) is 0 Å². The van der Waals surface area contributed by atoms with Crippen LogP contribution < -0.4 is 23.8 Å². The summed E-state index contributed by atoms with van der Waals surface area (Å²) >= 11 is 0. The molecule has 1 N–H and O–H groups in total. The van der Waals surface area contributed by atoms with Crippen molar-refractivity contribution in [1.82, 2.24) is 0 Å². The monoisotopic (exact) mass is 406 g/mol.